The highest BCUT2D eigenvalue weighted by Gasteiger charge is 2.33. The molecule has 0 aromatic heterocycles. The van der Waals surface area contributed by atoms with Crippen molar-refractivity contribution >= 4 is 11.8 Å². The highest BCUT2D eigenvalue weighted by Crippen LogP contribution is 2.39. The first kappa shape index (κ1) is 23.8. The van der Waals surface area contributed by atoms with Gasteiger partial charge in [-0.25, -0.2) is 0 Å². The molecule has 2 nitrogen and oxygen atoms in total. The SMILES string of the molecule is C=C\C=C/C=C(N)/C=C/C(C)(c1cccc(C)c1)N(C(=C)C)c1ccc(C=C)cc1C. The third kappa shape index (κ3) is 5.76. The van der Waals surface area contributed by atoms with Crippen LogP contribution in [0.1, 0.15) is 36.1 Å². The number of rotatable bonds is 9. The molecule has 1 unspecified atom stereocenters. The van der Waals surface area contributed by atoms with Crippen LogP contribution >= 0.6 is 0 Å². The van der Waals surface area contributed by atoms with Gasteiger partial charge in [0.05, 0.1) is 5.54 Å². The van der Waals surface area contributed by atoms with Gasteiger partial charge in [-0.2, -0.15) is 0 Å². The van der Waals surface area contributed by atoms with Crippen molar-refractivity contribution in [2.75, 3.05) is 4.90 Å². The first-order valence-corrected chi connectivity index (χ1v) is 10.4. The molecule has 2 aromatic rings. The van der Waals surface area contributed by atoms with Gasteiger partial charge in [0.1, 0.15) is 0 Å². The Bertz CT molecular complexity index is 1050. The van der Waals surface area contributed by atoms with E-state index in [1.807, 2.05) is 37.3 Å². The summed E-state index contributed by atoms with van der Waals surface area (Å²) in [6.45, 7) is 20.4. The zero-order chi connectivity index (χ0) is 23.0. The summed E-state index contributed by atoms with van der Waals surface area (Å²) in [6, 6.07) is 14.9. The number of anilines is 1. The van der Waals surface area contributed by atoms with Crippen LogP contribution in [0.5, 0.6) is 0 Å². The fraction of sp³-hybridized carbons (Fsp3) is 0.172. The molecule has 0 amide bonds. The van der Waals surface area contributed by atoms with Crippen LogP contribution in [0.2, 0.25) is 0 Å². The zero-order valence-electron chi connectivity index (χ0n) is 19.2. The average molecular weight is 411 g/mol. The first-order valence-electron chi connectivity index (χ1n) is 10.4. The molecular weight excluding hydrogens is 376 g/mol. The molecule has 0 fully saturated rings. The van der Waals surface area contributed by atoms with Crippen LogP contribution in [0.4, 0.5) is 5.69 Å². The third-order valence-electron chi connectivity index (χ3n) is 5.28. The number of hydrogen-bond donors (Lipinski definition) is 1. The summed E-state index contributed by atoms with van der Waals surface area (Å²) in [4.78, 5) is 2.27. The normalized spacial score (nSPS) is 13.9. The maximum atomic E-state index is 6.25. The van der Waals surface area contributed by atoms with Crippen LogP contribution in [0.15, 0.2) is 110 Å². The van der Waals surface area contributed by atoms with Crippen molar-refractivity contribution in [2.24, 2.45) is 5.73 Å². The van der Waals surface area contributed by atoms with Gasteiger partial charge in [-0.15, -0.1) is 0 Å². The van der Waals surface area contributed by atoms with Crippen LogP contribution < -0.4 is 10.6 Å². The summed E-state index contributed by atoms with van der Waals surface area (Å²) in [5.41, 5.74) is 13.1. The highest BCUT2D eigenvalue weighted by molar-refractivity contribution is 5.65. The van der Waals surface area contributed by atoms with Gasteiger partial charge in [0.25, 0.3) is 0 Å². The van der Waals surface area contributed by atoms with Gasteiger partial charge in [-0.3, -0.25) is 0 Å². The molecule has 31 heavy (non-hydrogen) atoms. The second kappa shape index (κ2) is 10.5. The number of nitrogens with zero attached hydrogens (tertiary/aromatic N) is 1. The van der Waals surface area contributed by atoms with Crippen molar-refractivity contribution in [1.29, 1.82) is 0 Å². The van der Waals surface area contributed by atoms with E-state index in [4.69, 9.17) is 5.73 Å². The molecule has 1 atom stereocenters. The fourth-order valence-electron chi connectivity index (χ4n) is 3.73. The van der Waals surface area contributed by atoms with Gasteiger partial charge in [0, 0.05) is 17.1 Å². The van der Waals surface area contributed by atoms with Crippen LogP contribution in [0.25, 0.3) is 6.08 Å². The Morgan fingerprint density at radius 3 is 2.39 bits per heavy atom. The van der Waals surface area contributed by atoms with Gasteiger partial charge in [0.2, 0.25) is 0 Å². The van der Waals surface area contributed by atoms with Crippen molar-refractivity contribution < 1.29 is 0 Å². The lowest BCUT2D eigenvalue weighted by Crippen LogP contribution is -2.42. The van der Waals surface area contributed by atoms with Gasteiger partial charge in [-0.05, 0) is 68.7 Å². The van der Waals surface area contributed by atoms with E-state index >= 15 is 0 Å². The summed E-state index contributed by atoms with van der Waals surface area (Å²) in [5.74, 6) is 0. The Morgan fingerprint density at radius 2 is 1.81 bits per heavy atom. The van der Waals surface area contributed by atoms with Crippen molar-refractivity contribution in [3.8, 4) is 0 Å². The van der Waals surface area contributed by atoms with E-state index in [9.17, 15) is 0 Å². The highest BCUT2D eigenvalue weighted by atomic mass is 15.2. The van der Waals surface area contributed by atoms with E-state index in [0.717, 1.165) is 28.1 Å². The molecule has 0 aliphatic carbocycles. The summed E-state index contributed by atoms with van der Waals surface area (Å²) in [7, 11) is 0. The summed E-state index contributed by atoms with van der Waals surface area (Å²) < 4.78 is 0. The Balaban J connectivity index is 2.70. The Morgan fingerprint density at radius 1 is 1.06 bits per heavy atom. The van der Waals surface area contributed by atoms with Crippen LogP contribution in [0, 0.1) is 13.8 Å². The minimum Gasteiger partial charge on any atom is -0.399 e. The Hall–Kier alpha value is -3.52. The van der Waals surface area contributed by atoms with E-state index in [1.54, 1.807) is 6.08 Å². The summed E-state index contributed by atoms with van der Waals surface area (Å²) in [6.07, 6.45) is 13.3. The molecule has 2 aromatic carbocycles. The van der Waals surface area contributed by atoms with E-state index in [-0.39, 0.29) is 0 Å². The van der Waals surface area contributed by atoms with Crippen molar-refractivity contribution in [3.05, 3.63) is 132 Å². The lowest BCUT2D eigenvalue weighted by atomic mass is 9.86. The maximum Gasteiger partial charge on any atom is 0.0858 e. The molecule has 0 bridgehead atoms. The average Bonchev–Trinajstić information content (AvgIpc) is 2.73. The summed E-state index contributed by atoms with van der Waals surface area (Å²) >= 11 is 0. The molecular formula is C29H34N2. The topological polar surface area (TPSA) is 29.3 Å². The van der Waals surface area contributed by atoms with E-state index in [1.165, 1.54) is 5.56 Å². The fourth-order valence-corrected chi connectivity index (χ4v) is 3.73. The van der Waals surface area contributed by atoms with Crippen LogP contribution in [-0.2, 0) is 5.54 Å². The monoisotopic (exact) mass is 410 g/mol. The molecule has 0 radical (unpaired) electrons. The van der Waals surface area contributed by atoms with Crippen molar-refractivity contribution in [2.45, 2.75) is 33.2 Å². The predicted molar refractivity (Wildman–Crippen MR) is 138 cm³/mol. The lowest BCUT2D eigenvalue weighted by molar-refractivity contribution is 0.581. The largest absolute Gasteiger partial charge is 0.399 e. The Labute approximate surface area is 188 Å². The molecule has 0 heterocycles. The maximum absolute atomic E-state index is 6.25. The van der Waals surface area contributed by atoms with Gasteiger partial charge in [-0.1, -0.05) is 86.0 Å². The molecule has 0 aliphatic rings. The van der Waals surface area contributed by atoms with Crippen molar-refractivity contribution in [3.63, 3.8) is 0 Å². The zero-order valence-corrected chi connectivity index (χ0v) is 19.2. The number of nitrogens with two attached hydrogens (primary N) is 1. The van der Waals surface area contributed by atoms with Gasteiger partial charge < -0.3 is 10.6 Å². The van der Waals surface area contributed by atoms with Gasteiger partial charge in [0.15, 0.2) is 0 Å². The third-order valence-corrected chi connectivity index (χ3v) is 5.28. The number of allylic oxidation sites excluding steroid dienone is 6. The second-order valence-corrected chi connectivity index (χ2v) is 7.96. The number of hydrogen-bond acceptors (Lipinski definition) is 2. The Kier molecular flexibility index (Phi) is 8.04. The van der Waals surface area contributed by atoms with Crippen molar-refractivity contribution in [1.82, 2.24) is 0 Å². The number of aryl methyl sites for hydroxylation is 2. The minimum absolute atomic E-state index is 0.501. The van der Waals surface area contributed by atoms with Crippen LogP contribution in [-0.4, -0.2) is 0 Å². The number of benzene rings is 2. The predicted octanol–water partition coefficient (Wildman–Crippen LogP) is 7.34. The first-order chi connectivity index (χ1) is 14.7. The molecule has 0 spiro atoms. The second-order valence-electron chi connectivity index (χ2n) is 7.96. The van der Waals surface area contributed by atoms with E-state index in [2.05, 4.69) is 93.9 Å². The molecule has 160 valence electrons. The molecule has 0 saturated carbocycles. The summed E-state index contributed by atoms with van der Waals surface area (Å²) in [5, 5.41) is 0. The van der Waals surface area contributed by atoms with Gasteiger partial charge >= 0.3 is 0 Å². The molecule has 2 N–H and O–H groups in total. The molecule has 2 heteroatoms. The smallest absolute Gasteiger partial charge is 0.0858 e. The lowest BCUT2D eigenvalue weighted by Gasteiger charge is -2.43. The van der Waals surface area contributed by atoms with E-state index < -0.39 is 5.54 Å². The van der Waals surface area contributed by atoms with Crippen LogP contribution in [0.3, 0.4) is 0 Å². The van der Waals surface area contributed by atoms with E-state index in [0.29, 0.717) is 5.70 Å². The minimum atomic E-state index is -0.501. The molecule has 0 aliphatic heterocycles. The quantitative estimate of drug-likeness (QED) is 0.438. The molecule has 2 rings (SSSR count). The molecule has 0 saturated heterocycles. The standard InChI is InChI=1S/C29H34N2/c1-8-10-11-15-27(30)18-19-29(7,26-14-12-13-23(5)20-26)31(22(3)4)28-17-16-25(9-2)21-24(28)6/h8-21H,1-3,30H2,4-7H3/b11-10-,19-18+,27-15-.